The summed E-state index contributed by atoms with van der Waals surface area (Å²) in [4.78, 5) is 108. The van der Waals surface area contributed by atoms with Crippen LogP contribution in [0.4, 0.5) is 19.2 Å². The average molecular weight is 2140 g/mol. The van der Waals surface area contributed by atoms with E-state index in [1.807, 2.05) is 158 Å². The van der Waals surface area contributed by atoms with Crippen LogP contribution >= 0.6 is 138 Å². The highest BCUT2D eigenvalue weighted by Gasteiger charge is 2.33. The van der Waals surface area contributed by atoms with Gasteiger partial charge in [-0.3, -0.25) is 39.2 Å². The van der Waals surface area contributed by atoms with Crippen LogP contribution in [0.3, 0.4) is 0 Å². The third-order valence-corrected chi connectivity index (χ3v) is 33.0. The van der Waals surface area contributed by atoms with Gasteiger partial charge in [-0.15, -0.1) is 56.7 Å². The van der Waals surface area contributed by atoms with Gasteiger partial charge in [-0.1, -0.05) is 161 Å². The van der Waals surface area contributed by atoms with E-state index in [9.17, 15) is 63.9 Å². The van der Waals surface area contributed by atoms with E-state index in [0.717, 1.165) is 117 Å². The molecule has 4 aromatic carbocycles. The van der Waals surface area contributed by atoms with E-state index in [4.69, 9.17) is 26.9 Å². The highest BCUT2D eigenvalue weighted by atomic mass is 35.5. The normalized spacial score (nSPS) is 15.1. The smallest absolute Gasteiger partial charge is 0.345 e. The zero-order valence-electron chi connectivity index (χ0n) is 77.2. The molecular weight excluding hydrogens is 2030 g/mol. The number of aliphatic hydroxyl groups is 4. The second kappa shape index (κ2) is 56.6. The molecule has 16 rings (SSSR count). The van der Waals surface area contributed by atoms with Crippen molar-refractivity contribution < 1.29 is 79.2 Å². The van der Waals surface area contributed by atoms with E-state index in [0.29, 0.717) is 173 Å². The van der Waals surface area contributed by atoms with Crippen molar-refractivity contribution in [3.05, 3.63) is 320 Å². The first kappa shape index (κ1) is 109. The monoisotopic (exact) mass is 2140 g/mol. The maximum absolute atomic E-state index is 12.6. The Bertz CT molecular complexity index is 6230. The first-order valence-corrected chi connectivity index (χ1v) is 56.1. The first-order valence-electron chi connectivity index (χ1n) is 45.7. The molecule has 0 radical (unpaired) electrons. The Morgan fingerprint density at radius 1 is 0.366 bits per heavy atom. The van der Waals surface area contributed by atoms with Crippen molar-refractivity contribution in [3.63, 3.8) is 0 Å². The summed E-state index contributed by atoms with van der Waals surface area (Å²) in [6.45, 7) is 7.07. The van der Waals surface area contributed by atoms with Crippen LogP contribution in [0, 0.1) is 35.5 Å². The highest BCUT2D eigenvalue weighted by Crippen LogP contribution is 2.32. The molecule has 4 aliphatic rings. The number of aliphatic hydroxyl groups excluding tert-OH is 4. The molecule has 8 aromatic heterocycles. The molecule has 740 valence electrons. The van der Waals surface area contributed by atoms with Crippen LogP contribution in [0.15, 0.2) is 209 Å². The molecule has 12 heterocycles. The van der Waals surface area contributed by atoms with Crippen molar-refractivity contribution >= 4 is 195 Å². The van der Waals surface area contributed by atoms with Crippen molar-refractivity contribution in [1.82, 2.24) is 50.0 Å². The minimum atomic E-state index is -1.01. The van der Waals surface area contributed by atoms with Crippen molar-refractivity contribution in [2.45, 2.75) is 101 Å². The van der Waals surface area contributed by atoms with Gasteiger partial charge in [-0.2, -0.15) is 22.7 Å². The summed E-state index contributed by atoms with van der Waals surface area (Å²) in [5, 5.41) is 105. The largest absolute Gasteiger partial charge is 0.477 e. The van der Waals surface area contributed by atoms with E-state index in [1.54, 1.807) is 79.4 Å². The quantitative estimate of drug-likeness (QED) is 0.0167. The van der Waals surface area contributed by atoms with Gasteiger partial charge in [0.2, 0.25) is 0 Å². The predicted octanol–water partition coefficient (Wildman–Crippen LogP) is 19.5. The Labute approximate surface area is 874 Å². The lowest BCUT2D eigenvalue weighted by Crippen LogP contribution is -2.51. The van der Waals surface area contributed by atoms with E-state index in [-0.39, 0.29) is 25.8 Å². The lowest BCUT2D eigenvalue weighted by molar-refractivity contribution is 0.0148. The fraction of sp³-hybridized carbons (Fsp3) is 0.308. The van der Waals surface area contributed by atoms with Gasteiger partial charge in [-0.25, -0.2) is 49.2 Å². The molecule has 4 atom stereocenters. The van der Waals surface area contributed by atoms with Gasteiger partial charge in [0.1, 0.15) is 25.2 Å². The number of aromatic nitrogens is 2. The summed E-state index contributed by atoms with van der Waals surface area (Å²) < 4.78 is 0. The molecule has 12 aromatic rings. The molecule has 0 spiro atoms. The van der Waals surface area contributed by atoms with Gasteiger partial charge >= 0.3 is 23.9 Å². The van der Waals surface area contributed by atoms with Crippen LogP contribution in [0.5, 0.6) is 0 Å². The number of thiophene rings is 6. The highest BCUT2D eigenvalue weighted by molar-refractivity contribution is 8.14. The third kappa shape index (κ3) is 35.4. The van der Waals surface area contributed by atoms with E-state index in [1.165, 1.54) is 104 Å². The van der Waals surface area contributed by atoms with Gasteiger partial charge in [0.15, 0.2) is 5.01 Å². The second-order valence-corrected chi connectivity index (χ2v) is 44.5. The van der Waals surface area contributed by atoms with Crippen molar-refractivity contribution in [1.29, 1.82) is 0 Å². The Balaban J connectivity index is 0.000000159. The standard InChI is InChI=1S/C27H26ClN3O4S2.C26H28N2O4S3.C26H26N2O4S3.C25H25N3O4S3/c28-23-18-25(26(33)34)37-24(23)10-13-31-27(35)36-15-14-30(31)12-9-22(32)17-20-5-3-4-19(16-20)7-8-21-6-1-2-11-29-21;2*29-22(17-21-3-1-2-19(16-21)4-5-20-10-14-33-18-20)8-11-27-13-15-34-26(32)28(27)12-9-23-6-7-24(35-23)25(30)31;29-20(17-19-3-1-2-18(16-19)4-7-23-26-10-14-33-23)8-11-27-13-15-34-25(32)28(27)12-9-21-5-6-22(35-21)24(30)31/h1-6,11,16,18,22,32H,9-10,12-15,17H2,(H,33,34);1-7,10,14,16,18,22,29H,8-9,11-13,15,17H2,(H,30,31);1-3,6-7,10,14,16,18,22,29H,8-9,11-13,15,17H2,(H,30,31);1-3,5-6,10,14,16,20,29H,8-9,11-13,15,17H2,(H,30,31)/b;5-4+;;/t3*22-;20-/m1111/s1. The fourth-order valence-corrected chi connectivity index (χ4v) is 24.1. The Morgan fingerprint density at radius 3 is 1.14 bits per heavy atom. The average Bonchev–Trinajstić information content (AvgIpc) is 1.29. The number of carbonyl (C=O) groups excluding carboxylic acids is 4. The van der Waals surface area contributed by atoms with Gasteiger partial charge in [-0.05, 0) is 216 Å². The predicted molar refractivity (Wildman–Crippen MR) is 574 cm³/mol. The van der Waals surface area contributed by atoms with E-state index >= 15 is 0 Å². The van der Waals surface area contributed by atoms with Crippen LogP contribution in [-0.4, -0.2) is 262 Å². The lowest BCUT2D eigenvalue weighted by atomic mass is 10.0. The van der Waals surface area contributed by atoms with Crippen LogP contribution in [0.1, 0.15) is 150 Å². The fourth-order valence-electron chi connectivity index (χ4n) is 15.3. The summed E-state index contributed by atoms with van der Waals surface area (Å²) in [5.41, 5.74) is 10.8. The molecule has 0 bridgehead atoms. The zero-order valence-corrected chi connectivity index (χ0v) is 86.9. The molecule has 4 saturated heterocycles. The number of thioether (sulfide) groups is 4. The Kier molecular flexibility index (Phi) is 43.3. The van der Waals surface area contributed by atoms with Gasteiger partial charge < -0.3 is 40.9 Å². The molecule has 4 fully saturated rings. The minimum absolute atomic E-state index is 0.00217. The van der Waals surface area contributed by atoms with Crippen molar-refractivity contribution in [2.75, 3.05) is 102 Å². The number of halogens is 1. The van der Waals surface area contributed by atoms with Crippen LogP contribution in [0.25, 0.3) is 12.2 Å². The molecule has 4 amide bonds. The molecular formula is C104H105ClN10O16S11. The van der Waals surface area contributed by atoms with E-state index < -0.39 is 48.3 Å². The number of thiazole rings is 1. The second-order valence-electron chi connectivity index (χ2n) is 32.8. The molecule has 26 nitrogen and oxygen atoms in total. The SMILES string of the molecule is O=C(O)c1cc(Cl)c(CCN2C(=O)SCCN2CC[C@@H](O)Cc2cccc(C#Cc3ccccn3)c2)s1.O=C(O)c1ccc(CCN2C(=O)SCCN2CC[C@@H](O)Cc2cccc(/C=C/c3ccsc3)c2)s1.O=C(O)c1ccc(CCN2C(=O)SCCN2CC[C@@H](O)Cc2cccc(C#Cc3ccsc3)c2)s1.O=C(O)c1ccc(CCN2C(=O)SCCN2CC[C@@H](O)Cc2cccc(C#Cc3nccs3)c2)s1. The first-order chi connectivity index (χ1) is 68.8. The molecule has 0 unspecified atom stereocenters. The minimum Gasteiger partial charge on any atom is -0.477 e. The zero-order chi connectivity index (χ0) is 100. The summed E-state index contributed by atoms with van der Waals surface area (Å²) in [6.07, 6.45) is 11.9. The number of amides is 4. The molecule has 142 heavy (non-hydrogen) atoms. The number of carboxylic acid groups (broad SMARTS) is 4. The number of benzene rings is 4. The van der Waals surface area contributed by atoms with Gasteiger partial charge in [0, 0.05) is 192 Å². The molecule has 38 heteroatoms. The Hall–Kier alpha value is -10.6. The number of carbonyl (C=O) groups is 8. The topological polar surface area (TPSA) is 350 Å². The third-order valence-electron chi connectivity index (χ3n) is 22.5. The lowest BCUT2D eigenvalue weighted by Gasteiger charge is -2.38. The van der Waals surface area contributed by atoms with E-state index in [2.05, 4.69) is 86.6 Å². The number of aromatic carboxylic acids is 4. The van der Waals surface area contributed by atoms with Crippen LogP contribution in [0.2, 0.25) is 5.02 Å². The van der Waals surface area contributed by atoms with Gasteiger partial charge in [0.25, 0.3) is 21.0 Å². The summed E-state index contributed by atoms with van der Waals surface area (Å²) >= 11 is 21.0. The van der Waals surface area contributed by atoms with Crippen molar-refractivity contribution in [2.24, 2.45) is 0 Å². The maximum Gasteiger partial charge on any atom is 0.345 e. The maximum atomic E-state index is 12.6. The van der Waals surface area contributed by atoms with Crippen LogP contribution < -0.4 is 0 Å². The number of nitrogens with zero attached hydrogens (tertiary/aromatic N) is 10. The summed E-state index contributed by atoms with van der Waals surface area (Å²) in [5.74, 6) is 17.7. The number of hydrazine groups is 4. The number of carboxylic acids is 4. The summed E-state index contributed by atoms with van der Waals surface area (Å²) in [6, 6.07) is 53.2. The molecule has 8 N–H and O–H groups in total. The van der Waals surface area contributed by atoms with Crippen LogP contribution in [-0.2, 0) is 51.4 Å². The number of pyridine rings is 1. The molecule has 0 saturated carbocycles. The molecule has 0 aliphatic carbocycles. The number of hydrogen-bond donors (Lipinski definition) is 8. The summed E-state index contributed by atoms with van der Waals surface area (Å²) in [7, 11) is 0. The number of hydrogen-bond acceptors (Lipinski definition) is 29. The molecule has 4 aliphatic heterocycles. The Morgan fingerprint density at radius 2 is 0.761 bits per heavy atom. The van der Waals surface area contributed by atoms with Gasteiger partial charge in [0.05, 0.1) is 29.4 Å². The number of rotatable bonds is 38. The van der Waals surface area contributed by atoms with Crippen molar-refractivity contribution in [3.8, 4) is 35.5 Å².